The van der Waals surface area contributed by atoms with Crippen LogP contribution in [0.4, 0.5) is 0 Å². The molecule has 0 aliphatic rings. The van der Waals surface area contributed by atoms with Gasteiger partial charge in [0.2, 0.25) is 5.88 Å². The molecule has 0 spiro atoms. The van der Waals surface area contributed by atoms with Gasteiger partial charge in [-0.3, -0.25) is 4.98 Å². The van der Waals surface area contributed by atoms with Crippen LogP contribution in [0, 0.1) is 6.92 Å². The third-order valence-electron chi connectivity index (χ3n) is 2.15. The van der Waals surface area contributed by atoms with Gasteiger partial charge in [-0.1, -0.05) is 6.07 Å². The number of aryl methyl sites for hydroxylation is 1. The maximum atomic E-state index is 5.20. The molecule has 4 heteroatoms. The topological polar surface area (TPSA) is 47.9 Å². The average Bonchev–Trinajstić information content (AvgIpc) is 2.29. The van der Waals surface area contributed by atoms with Crippen LogP contribution in [0.1, 0.15) is 5.69 Å². The molecule has 76 valence electrons. The number of aromatic nitrogens is 3. The highest BCUT2D eigenvalue weighted by molar-refractivity contribution is 5.69. The van der Waals surface area contributed by atoms with E-state index in [-0.39, 0.29) is 0 Å². The predicted molar refractivity (Wildman–Crippen MR) is 56.6 cm³/mol. The summed E-state index contributed by atoms with van der Waals surface area (Å²) in [5.41, 5.74) is 2.75. The van der Waals surface area contributed by atoms with Crippen molar-refractivity contribution < 1.29 is 4.74 Å². The lowest BCUT2D eigenvalue weighted by Crippen LogP contribution is -1.96. The fraction of sp³-hybridized carbons (Fsp3) is 0.182. The second kappa shape index (κ2) is 4.04. The molecule has 2 rings (SSSR count). The fourth-order valence-corrected chi connectivity index (χ4v) is 1.45. The van der Waals surface area contributed by atoms with Crippen LogP contribution in [0.2, 0.25) is 0 Å². The van der Waals surface area contributed by atoms with E-state index in [0.717, 1.165) is 16.8 Å². The first kappa shape index (κ1) is 9.58. The van der Waals surface area contributed by atoms with E-state index in [1.807, 2.05) is 19.1 Å². The number of hydrogen-bond acceptors (Lipinski definition) is 4. The standard InChI is InChI=1S/C11H11N3O/c1-8-10(9-4-3-5-12-6-9)11(15-2)14-7-13-8/h3-7H,1-2H3. The molecule has 4 nitrogen and oxygen atoms in total. The summed E-state index contributed by atoms with van der Waals surface area (Å²) in [4.78, 5) is 12.3. The zero-order chi connectivity index (χ0) is 10.7. The van der Waals surface area contributed by atoms with Gasteiger partial charge < -0.3 is 4.74 Å². The van der Waals surface area contributed by atoms with Crippen molar-refractivity contribution in [1.82, 2.24) is 15.0 Å². The SMILES string of the molecule is COc1ncnc(C)c1-c1cccnc1. The zero-order valence-electron chi connectivity index (χ0n) is 8.64. The Labute approximate surface area is 88.0 Å². The highest BCUT2D eigenvalue weighted by Gasteiger charge is 2.10. The van der Waals surface area contributed by atoms with Gasteiger partial charge in [0.05, 0.1) is 18.4 Å². The van der Waals surface area contributed by atoms with E-state index < -0.39 is 0 Å². The Hall–Kier alpha value is -1.97. The lowest BCUT2D eigenvalue weighted by atomic mass is 10.1. The Morgan fingerprint density at radius 3 is 2.80 bits per heavy atom. The predicted octanol–water partition coefficient (Wildman–Crippen LogP) is 1.86. The normalized spacial score (nSPS) is 10.0. The van der Waals surface area contributed by atoms with Crippen LogP contribution in [-0.2, 0) is 0 Å². The maximum absolute atomic E-state index is 5.20. The van der Waals surface area contributed by atoms with Crippen molar-refractivity contribution in [3.05, 3.63) is 36.5 Å². The quantitative estimate of drug-likeness (QED) is 0.744. The van der Waals surface area contributed by atoms with E-state index in [1.54, 1.807) is 19.5 Å². The first-order chi connectivity index (χ1) is 7.33. The van der Waals surface area contributed by atoms with E-state index in [1.165, 1.54) is 6.33 Å². The van der Waals surface area contributed by atoms with Crippen LogP contribution in [0.15, 0.2) is 30.9 Å². The van der Waals surface area contributed by atoms with E-state index in [2.05, 4.69) is 15.0 Å². The summed E-state index contributed by atoms with van der Waals surface area (Å²) in [6, 6.07) is 3.84. The molecule has 2 aromatic heterocycles. The van der Waals surface area contributed by atoms with Gasteiger partial charge in [0.25, 0.3) is 0 Å². The number of hydrogen-bond donors (Lipinski definition) is 0. The maximum Gasteiger partial charge on any atom is 0.224 e. The number of pyridine rings is 1. The molecule has 0 amide bonds. The Bertz CT molecular complexity index is 457. The molecule has 0 atom stereocenters. The monoisotopic (exact) mass is 201 g/mol. The van der Waals surface area contributed by atoms with Gasteiger partial charge in [-0.15, -0.1) is 0 Å². The van der Waals surface area contributed by atoms with E-state index in [9.17, 15) is 0 Å². The molecule has 0 saturated heterocycles. The molecule has 2 aromatic rings. The van der Waals surface area contributed by atoms with Gasteiger partial charge in [-0.05, 0) is 13.0 Å². The largest absolute Gasteiger partial charge is 0.480 e. The van der Waals surface area contributed by atoms with E-state index in [4.69, 9.17) is 4.74 Å². The van der Waals surface area contributed by atoms with Crippen LogP contribution in [-0.4, -0.2) is 22.1 Å². The molecular formula is C11H11N3O. The summed E-state index contributed by atoms with van der Waals surface area (Å²) < 4.78 is 5.20. The Balaban J connectivity index is 2.61. The summed E-state index contributed by atoms with van der Waals surface area (Å²) in [5, 5.41) is 0. The van der Waals surface area contributed by atoms with Crippen molar-refractivity contribution >= 4 is 0 Å². The molecule has 0 bridgehead atoms. The van der Waals surface area contributed by atoms with E-state index in [0.29, 0.717) is 5.88 Å². The van der Waals surface area contributed by atoms with Crippen LogP contribution >= 0.6 is 0 Å². The van der Waals surface area contributed by atoms with Crippen molar-refractivity contribution in [1.29, 1.82) is 0 Å². The molecule has 0 N–H and O–H groups in total. The minimum atomic E-state index is 0.579. The first-order valence-electron chi connectivity index (χ1n) is 4.59. The third kappa shape index (κ3) is 1.79. The van der Waals surface area contributed by atoms with Gasteiger partial charge in [0.15, 0.2) is 0 Å². The van der Waals surface area contributed by atoms with Gasteiger partial charge in [0.1, 0.15) is 6.33 Å². The van der Waals surface area contributed by atoms with Crippen molar-refractivity contribution in [2.75, 3.05) is 7.11 Å². The Morgan fingerprint density at radius 1 is 1.27 bits per heavy atom. The summed E-state index contributed by atoms with van der Waals surface area (Å²) >= 11 is 0. The molecule has 0 radical (unpaired) electrons. The highest BCUT2D eigenvalue weighted by Crippen LogP contribution is 2.28. The molecule has 0 aliphatic carbocycles. The van der Waals surface area contributed by atoms with Crippen molar-refractivity contribution in [2.45, 2.75) is 6.92 Å². The number of ether oxygens (including phenoxy) is 1. The second-order valence-electron chi connectivity index (χ2n) is 3.09. The van der Waals surface area contributed by atoms with Crippen LogP contribution < -0.4 is 4.74 Å². The van der Waals surface area contributed by atoms with Crippen molar-refractivity contribution in [2.24, 2.45) is 0 Å². The number of rotatable bonds is 2. The van der Waals surface area contributed by atoms with Crippen LogP contribution in [0.3, 0.4) is 0 Å². The Morgan fingerprint density at radius 2 is 2.13 bits per heavy atom. The molecule has 0 aliphatic heterocycles. The molecule has 0 fully saturated rings. The van der Waals surface area contributed by atoms with Gasteiger partial charge in [-0.2, -0.15) is 0 Å². The molecule has 15 heavy (non-hydrogen) atoms. The lowest BCUT2D eigenvalue weighted by Gasteiger charge is -2.08. The smallest absolute Gasteiger partial charge is 0.224 e. The minimum absolute atomic E-state index is 0.579. The summed E-state index contributed by atoms with van der Waals surface area (Å²) in [5.74, 6) is 0.579. The Kier molecular flexibility index (Phi) is 2.58. The summed E-state index contributed by atoms with van der Waals surface area (Å²) in [6.45, 7) is 1.92. The van der Waals surface area contributed by atoms with Crippen LogP contribution in [0.25, 0.3) is 11.1 Å². The number of nitrogens with zero attached hydrogens (tertiary/aromatic N) is 3. The number of methoxy groups -OCH3 is 1. The fourth-order valence-electron chi connectivity index (χ4n) is 1.45. The zero-order valence-corrected chi connectivity index (χ0v) is 8.64. The average molecular weight is 201 g/mol. The lowest BCUT2D eigenvalue weighted by molar-refractivity contribution is 0.398. The molecule has 0 saturated carbocycles. The first-order valence-corrected chi connectivity index (χ1v) is 4.59. The molecular weight excluding hydrogens is 190 g/mol. The molecule has 0 unspecified atom stereocenters. The van der Waals surface area contributed by atoms with Crippen molar-refractivity contribution in [3.63, 3.8) is 0 Å². The minimum Gasteiger partial charge on any atom is -0.480 e. The van der Waals surface area contributed by atoms with Gasteiger partial charge in [0, 0.05) is 18.0 Å². The summed E-state index contributed by atoms with van der Waals surface area (Å²) in [6.07, 6.45) is 5.00. The second-order valence-corrected chi connectivity index (χ2v) is 3.09. The molecule has 0 aromatic carbocycles. The molecule has 2 heterocycles. The van der Waals surface area contributed by atoms with Gasteiger partial charge >= 0.3 is 0 Å². The highest BCUT2D eigenvalue weighted by atomic mass is 16.5. The van der Waals surface area contributed by atoms with E-state index >= 15 is 0 Å². The van der Waals surface area contributed by atoms with Gasteiger partial charge in [-0.25, -0.2) is 9.97 Å². The third-order valence-corrected chi connectivity index (χ3v) is 2.15. The van der Waals surface area contributed by atoms with Crippen LogP contribution in [0.5, 0.6) is 5.88 Å². The van der Waals surface area contributed by atoms with Crippen molar-refractivity contribution in [3.8, 4) is 17.0 Å². The summed E-state index contributed by atoms with van der Waals surface area (Å²) in [7, 11) is 1.60.